The van der Waals surface area contributed by atoms with E-state index in [1.807, 2.05) is 17.8 Å². The molecule has 5 heteroatoms. The van der Waals surface area contributed by atoms with Gasteiger partial charge in [0, 0.05) is 24.9 Å². The van der Waals surface area contributed by atoms with Gasteiger partial charge in [0.2, 0.25) is 0 Å². The molecule has 0 fully saturated rings. The highest BCUT2D eigenvalue weighted by atomic mass is 127. The Hall–Kier alpha value is -0.430. The molecule has 1 aromatic carbocycles. The number of halogens is 1. The van der Waals surface area contributed by atoms with E-state index >= 15 is 0 Å². The summed E-state index contributed by atoms with van der Waals surface area (Å²) in [4.78, 5) is 6.94. The van der Waals surface area contributed by atoms with Gasteiger partial charge in [-0.1, -0.05) is 30.3 Å². The highest BCUT2D eigenvalue weighted by molar-refractivity contribution is 14.0. The van der Waals surface area contributed by atoms with Crippen LogP contribution in [-0.4, -0.2) is 42.0 Å². The fourth-order valence-corrected chi connectivity index (χ4v) is 1.93. The predicted molar refractivity (Wildman–Crippen MR) is 107 cm³/mol. The zero-order valence-electron chi connectivity index (χ0n) is 13.7. The SMILES string of the molecule is CCNC(=NCC(C)(C)SC)N(C)Cc1ccccc1.I. The third kappa shape index (κ3) is 7.95. The molecule has 0 unspecified atom stereocenters. The van der Waals surface area contributed by atoms with Crippen LogP contribution in [-0.2, 0) is 6.54 Å². The number of nitrogens with zero attached hydrogens (tertiary/aromatic N) is 2. The van der Waals surface area contributed by atoms with E-state index in [9.17, 15) is 0 Å². The fraction of sp³-hybridized carbons (Fsp3) is 0.562. The second kappa shape index (κ2) is 10.3. The number of rotatable bonds is 6. The van der Waals surface area contributed by atoms with Gasteiger partial charge in [0.05, 0.1) is 6.54 Å². The van der Waals surface area contributed by atoms with Crippen LogP contribution in [0.3, 0.4) is 0 Å². The van der Waals surface area contributed by atoms with Crippen molar-refractivity contribution < 1.29 is 0 Å². The van der Waals surface area contributed by atoms with Crippen molar-refractivity contribution in [2.24, 2.45) is 4.99 Å². The summed E-state index contributed by atoms with van der Waals surface area (Å²) < 4.78 is 0.175. The molecule has 120 valence electrons. The van der Waals surface area contributed by atoms with Crippen molar-refractivity contribution >= 4 is 41.7 Å². The van der Waals surface area contributed by atoms with Gasteiger partial charge in [-0.15, -0.1) is 24.0 Å². The normalized spacial score (nSPS) is 11.8. The van der Waals surface area contributed by atoms with Crippen molar-refractivity contribution in [1.29, 1.82) is 0 Å². The smallest absolute Gasteiger partial charge is 0.194 e. The molecule has 0 atom stereocenters. The molecule has 0 aliphatic carbocycles. The summed E-state index contributed by atoms with van der Waals surface area (Å²) in [5, 5.41) is 3.37. The van der Waals surface area contributed by atoms with Crippen molar-refractivity contribution in [1.82, 2.24) is 10.2 Å². The van der Waals surface area contributed by atoms with E-state index in [0.717, 1.165) is 25.6 Å². The Labute approximate surface area is 151 Å². The zero-order chi connectivity index (χ0) is 15.0. The van der Waals surface area contributed by atoms with E-state index in [2.05, 4.69) is 68.6 Å². The molecule has 0 aromatic heterocycles. The Kier molecular flexibility index (Phi) is 10.1. The molecule has 0 aliphatic rings. The van der Waals surface area contributed by atoms with Gasteiger partial charge in [-0.25, -0.2) is 0 Å². The predicted octanol–water partition coefficient (Wildman–Crippen LogP) is 3.84. The molecule has 0 saturated heterocycles. The minimum atomic E-state index is 0. The van der Waals surface area contributed by atoms with Crippen molar-refractivity contribution in [2.75, 3.05) is 26.4 Å². The fourth-order valence-electron chi connectivity index (χ4n) is 1.73. The van der Waals surface area contributed by atoms with E-state index in [4.69, 9.17) is 4.99 Å². The first-order chi connectivity index (χ1) is 9.48. The van der Waals surface area contributed by atoms with Crippen LogP contribution in [0.25, 0.3) is 0 Å². The molecule has 1 aromatic rings. The average molecular weight is 421 g/mol. The molecule has 3 nitrogen and oxygen atoms in total. The molecular formula is C16H28IN3S. The second-order valence-corrected chi connectivity index (χ2v) is 6.99. The molecule has 0 saturated carbocycles. The highest BCUT2D eigenvalue weighted by Gasteiger charge is 2.16. The molecule has 0 spiro atoms. The lowest BCUT2D eigenvalue weighted by molar-refractivity contribution is 0.475. The first kappa shape index (κ1) is 20.6. The van der Waals surface area contributed by atoms with Crippen LogP contribution in [0.2, 0.25) is 0 Å². The number of thioether (sulfide) groups is 1. The van der Waals surface area contributed by atoms with Crippen molar-refractivity contribution in [3.8, 4) is 0 Å². The maximum absolute atomic E-state index is 4.76. The van der Waals surface area contributed by atoms with E-state index in [0.29, 0.717) is 0 Å². The van der Waals surface area contributed by atoms with Crippen LogP contribution in [0, 0.1) is 0 Å². The maximum Gasteiger partial charge on any atom is 0.194 e. The topological polar surface area (TPSA) is 27.6 Å². The number of hydrogen-bond acceptors (Lipinski definition) is 2. The van der Waals surface area contributed by atoms with Gasteiger partial charge in [-0.3, -0.25) is 4.99 Å². The van der Waals surface area contributed by atoms with Crippen LogP contribution in [0.4, 0.5) is 0 Å². The number of aliphatic imine (C=N–C) groups is 1. The van der Waals surface area contributed by atoms with E-state index in [-0.39, 0.29) is 28.7 Å². The second-order valence-electron chi connectivity index (χ2n) is 5.48. The Bertz CT molecular complexity index is 421. The van der Waals surface area contributed by atoms with Crippen LogP contribution in [0.5, 0.6) is 0 Å². The zero-order valence-corrected chi connectivity index (χ0v) is 16.9. The Morgan fingerprint density at radius 2 is 1.90 bits per heavy atom. The van der Waals surface area contributed by atoms with Crippen LogP contribution in [0.15, 0.2) is 35.3 Å². The molecule has 1 N–H and O–H groups in total. The van der Waals surface area contributed by atoms with Crippen LogP contribution in [0.1, 0.15) is 26.3 Å². The average Bonchev–Trinajstić information content (AvgIpc) is 2.44. The first-order valence-corrected chi connectivity index (χ1v) is 8.29. The van der Waals surface area contributed by atoms with Gasteiger partial charge in [0.1, 0.15) is 0 Å². The third-order valence-corrected chi connectivity index (χ3v) is 4.36. The van der Waals surface area contributed by atoms with Crippen molar-refractivity contribution in [3.63, 3.8) is 0 Å². The molecule has 0 aliphatic heterocycles. The first-order valence-electron chi connectivity index (χ1n) is 7.07. The van der Waals surface area contributed by atoms with Crippen LogP contribution >= 0.6 is 35.7 Å². The lowest BCUT2D eigenvalue weighted by Gasteiger charge is -2.25. The lowest BCUT2D eigenvalue weighted by Crippen LogP contribution is -2.39. The molecule has 0 amide bonds. The van der Waals surface area contributed by atoms with Gasteiger partial charge < -0.3 is 10.2 Å². The van der Waals surface area contributed by atoms with Gasteiger partial charge >= 0.3 is 0 Å². The summed E-state index contributed by atoms with van der Waals surface area (Å²) in [6, 6.07) is 10.5. The minimum Gasteiger partial charge on any atom is -0.357 e. The molecule has 21 heavy (non-hydrogen) atoms. The minimum absolute atomic E-state index is 0. The number of hydrogen-bond donors (Lipinski definition) is 1. The van der Waals surface area contributed by atoms with E-state index < -0.39 is 0 Å². The van der Waals surface area contributed by atoms with Gasteiger partial charge in [0.15, 0.2) is 5.96 Å². The Balaban J connectivity index is 0.00000400. The van der Waals surface area contributed by atoms with Gasteiger partial charge in [-0.2, -0.15) is 11.8 Å². The Morgan fingerprint density at radius 1 is 1.29 bits per heavy atom. The third-order valence-electron chi connectivity index (χ3n) is 3.12. The molecule has 0 heterocycles. The number of nitrogens with one attached hydrogen (secondary N) is 1. The van der Waals surface area contributed by atoms with E-state index in [1.165, 1.54) is 5.56 Å². The molecular weight excluding hydrogens is 393 g/mol. The van der Waals surface area contributed by atoms with Crippen LogP contribution < -0.4 is 5.32 Å². The van der Waals surface area contributed by atoms with E-state index in [1.54, 1.807) is 0 Å². The summed E-state index contributed by atoms with van der Waals surface area (Å²) >= 11 is 1.85. The summed E-state index contributed by atoms with van der Waals surface area (Å²) in [5.74, 6) is 0.971. The summed E-state index contributed by atoms with van der Waals surface area (Å²) in [7, 11) is 2.08. The highest BCUT2D eigenvalue weighted by Crippen LogP contribution is 2.21. The molecule has 0 bridgehead atoms. The maximum atomic E-state index is 4.76. The number of benzene rings is 1. The van der Waals surface area contributed by atoms with Crippen molar-refractivity contribution in [3.05, 3.63) is 35.9 Å². The summed E-state index contributed by atoms with van der Waals surface area (Å²) in [6.45, 7) is 9.12. The largest absolute Gasteiger partial charge is 0.357 e. The monoisotopic (exact) mass is 421 g/mol. The quantitative estimate of drug-likeness (QED) is 0.430. The van der Waals surface area contributed by atoms with Gasteiger partial charge in [0.25, 0.3) is 0 Å². The Morgan fingerprint density at radius 3 is 2.43 bits per heavy atom. The molecule has 0 radical (unpaired) electrons. The number of guanidine groups is 1. The standard InChI is InChI=1S/C16H27N3S.HI/c1-6-17-15(18-13-16(2,3)20-5)19(4)12-14-10-8-7-9-11-14;/h7-11H,6,12-13H2,1-5H3,(H,17,18);1H. The van der Waals surface area contributed by atoms with Gasteiger partial charge in [-0.05, 0) is 32.6 Å². The summed E-state index contributed by atoms with van der Waals surface area (Å²) in [6.07, 6.45) is 2.14. The lowest BCUT2D eigenvalue weighted by atomic mass is 10.2. The molecule has 1 rings (SSSR count). The summed E-state index contributed by atoms with van der Waals surface area (Å²) in [5.41, 5.74) is 1.30. The van der Waals surface area contributed by atoms with Crippen molar-refractivity contribution in [2.45, 2.75) is 32.1 Å².